The zero-order valence-electron chi connectivity index (χ0n) is 17.7. The largest absolute Gasteiger partial charge is 0.450 e. The standard InChI is InChI=1S/C25H15N3O6/c1-13-11-19(26-34-13)27-21(15-6-4-7-16(12-15)28(31)32)20-22(29)18-10-9-14-5-2-3-8-17(14)23(18)33-24(20)25(27)30/h2-12,21H,1H3/t21-/m0/s1. The van der Waals surface area contributed by atoms with Crippen molar-refractivity contribution >= 4 is 39.2 Å². The lowest BCUT2D eigenvalue weighted by Crippen LogP contribution is -2.29. The first kappa shape index (κ1) is 19.9. The van der Waals surface area contributed by atoms with Crippen LogP contribution in [0.4, 0.5) is 11.5 Å². The van der Waals surface area contributed by atoms with Gasteiger partial charge in [0.1, 0.15) is 11.3 Å². The van der Waals surface area contributed by atoms with Crippen LogP contribution >= 0.6 is 0 Å². The Labute approximate surface area is 191 Å². The van der Waals surface area contributed by atoms with Gasteiger partial charge in [0.15, 0.2) is 11.2 Å². The lowest BCUT2D eigenvalue weighted by atomic mass is 9.97. The number of nitro groups is 1. The number of carbonyl (C=O) groups excluding carboxylic acids is 1. The predicted octanol–water partition coefficient (Wildman–Crippen LogP) is 4.90. The molecule has 1 aliphatic heterocycles. The molecular formula is C25H15N3O6. The maximum absolute atomic E-state index is 13.8. The fraction of sp³-hybridized carbons (Fsp3) is 0.0800. The van der Waals surface area contributed by atoms with E-state index in [2.05, 4.69) is 5.16 Å². The van der Waals surface area contributed by atoms with Gasteiger partial charge in [0.2, 0.25) is 5.76 Å². The molecule has 6 rings (SSSR count). The molecule has 2 aromatic heterocycles. The molecule has 1 amide bonds. The van der Waals surface area contributed by atoms with Crippen molar-refractivity contribution < 1.29 is 18.7 Å². The van der Waals surface area contributed by atoms with Crippen molar-refractivity contribution in [2.24, 2.45) is 0 Å². The number of anilines is 1. The summed E-state index contributed by atoms with van der Waals surface area (Å²) in [7, 11) is 0. The number of aromatic nitrogens is 1. The van der Waals surface area contributed by atoms with Crippen molar-refractivity contribution in [2.75, 3.05) is 4.90 Å². The third kappa shape index (κ3) is 2.77. The Balaban J connectivity index is 1.68. The number of nitro benzene ring substituents is 1. The molecule has 0 saturated carbocycles. The summed E-state index contributed by atoms with van der Waals surface area (Å²) in [4.78, 5) is 39.6. The van der Waals surface area contributed by atoms with Crippen LogP contribution in [-0.2, 0) is 0 Å². The number of carbonyl (C=O) groups is 1. The molecule has 1 aliphatic rings. The minimum absolute atomic E-state index is 0.105. The summed E-state index contributed by atoms with van der Waals surface area (Å²) in [5.74, 6) is -0.0523. The molecule has 0 spiro atoms. The average molecular weight is 453 g/mol. The van der Waals surface area contributed by atoms with Gasteiger partial charge in [-0.15, -0.1) is 0 Å². The first-order chi connectivity index (χ1) is 16.4. The van der Waals surface area contributed by atoms with E-state index >= 15 is 0 Å². The Morgan fingerprint density at radius 3 is 2.59 bits per heavy atom. The van der Waals surface area contributed by atoms with Crippen molar-refractivity contribution in [2.45, 2.75) is 13.0 Å². The highest BCUT2D eigenvalue weighted by Gasteiger charge is 2.45. The molecule has 0 saturated heterocycles. The topological polar surface area (TPSA) is 120 Å². The number of rotatable bonds is 3. The number of benzene rings is 3. The number of non-ortho nitro benzene ring substituents is 1. The number of hydrogen-bond donors (Lipinski definition) is 0. The second kappa shape index (κ2) is 7.11. The predicted molar refractivity (Wildman–Crippen MR) is 123 cm³/mol. The van der Waals surface area contributed by atoms with E-state index in [1.54, 1.807) is 25.1 Å². The molecule has 0 radical (unpaired) electrons. The number of amides is 1. The van der Waals surface area contributed by atoms with Gasteiger partial charge < -0.3 is 8.94 Å². The highest BCUT2D eigenvalue weighted by atomic mass is 16.6. The van der Waals surface area contributed by atoms with Crippen LogP contribution in [0.2, 0.25) is 0 Å². The van der Waals surface area contributed by atoms with E-state index in [1.165, 1.54) is 23.1 Å². The van der Waals surface area contributed by atoms with Gasteiger partial charge in [-0.1, -0.05) is 47.6 Å². The lowest BCUT2D eigenvalue weighted by molar-refractivity contribution is -0.384. The maximum Gasteiger partial charge on any atom is 0.296 e. The van der Waals surface area contributed by atoms with Crippen molar-refractivity contribution in [1.82, 2.24) is 5.16 Å². The lowest BCUT2D eigenvalue weighted by Gasteiger charge is -2.22. The van der Waals surface area contributed by atoms with Gasteiger partial charge in [0.05, 0.1) is 21.9 Å². The molecule has 3 aromatic carbocycles. The molecular weight excluding hydrogens is 438 g/mol. The quantitative estimate of drug-likeness (QED) is 0.216. The Morgan fingerprint density at radius 2 is 1.82 bits per heavy atom. The molecule has 3 heterocycles. The van der Waals surface area contributed by atoms with Gasteiger partial charge in [-0.05, 0) is 23.9 Å². The minimum atomic E-state index is -0.973. The third-order valence-corrected chi connectivity index (χ3v) is 6.02. The van der Waals surface area contributed by atoms with Crippen LogP contribution < -0.4 is 10.3 Å². The van der Waals surface area contributed by atoms with E-state index in [0.29, 0.717) is 27.7 Å². The normalized spacial score (nSPS) is 15.3. The summed E-state index contributed by atoms with van der Waals surface area (Å²) in [5.41, 5.74) is 0.259. The monoisotopic (exact) mass is 453 g/mol. The second-order valence-electron chi connectivity index (χ2n) is 8.06. The molecule has 1 atom stereocenters. The second-order valence-corrected chi connectivity index (χ2v) is 8.06. The average Bonchev–Trinajstić information content (AvgIpc) is 3.40. The van der Waals surface area contributed by atoms with Crippen LogP contribution in [0.1, 0.15) is 33.5 Å². The fourth-order valence-electron chi connectivity index (χ4n) is 4.53. The maximum atomic E-state index is 13.8. The van der Waals surface area contributed by atoms with Gasteiger partial charge in [-0.2, -0.15) is 0 Å². The highest BCUT2D eigenvalue weighted by molar-refractivity contribution is 6.12. The summed E-state index contributed by atoms with van der Waals surface area (Å²) in [6, 6.07) is 17.3. The van der Waals surface area contributed by atoms with Crippen molar-refractivity contribution in [3.63, 3.8) is 0 Å². The minimum Gasteiger partial charge on any atom is -0.450 e. The van der Waals surface area contributed by atoms with Gasteiger partial charge in [0.25, 0.3) is 11.6 Å². The summed E-state index contributed by atoms with van der Waals surface area (Å²) in [6.07, 6.45) is 0. The van der Waals surface area contributed by atoms with E-state index in [1.807, 2.05) is 30.3 Å². The van der Waals surface area contributed by atoms with Gasteiger partial charge in [0, 0.05) is 23.6 Å². The molecule has 34 heavy (non-hydrogen) atoms. The zero-order valence-corrected chi connectivity index (χ0v) is 17.7. The van der Waals surface area contributed by atoms with Crippen LogP contribution in [-0.4, -0.2) is 16.0 Å². The van der Waals surface area contributed by atoms with Gasteiger partial charge >= 0.3 is 0 Å². The SMILES string of the molecule is Cc1cc(N2C(=O)c3oc4c(ccc5ccccc54)c(=O)c3[C@@H]2c2cccc([N+](=O)[O-])c2)no1. The van der Waals surface area contributed by atoms with Crippen molar-refractivity contribution in [3.8, 4) is 0 Å². The van der Waals surface area contributed by atoms with Gasteiger partial charge in [-0.3, -0.25) is 24.6 Å². The van der Waals surface area contributed by atoms with Crippen LogP contribution in [0.3, 0.4) is 0 Å². The molecule has 0 fully saturated rings. The summed E-state index contributed by atoms with van der Waals surface area (Å²) >= 11 is 0. The van der Waals surface area contributed by atoms with Crippen molar-refractivity contribution in [3.05, 3.63) is 110 Å². The van der Waals surface area contributed by atoms with Crippen LogP contribution in [0.5, 0.6) is 0 Å². The van der Waals surface area contributed by atoms with Crippen LogP contribution in [0.25, 0.3) is 21.7 Å². The Morgan fingerprint density at radius 1 is 1.00 bits per heavy atom. The molecule has 0 bridgehead atoms. The molecule has 9 heteroatoms. The number of hydrogen-bond acceptors (Lipinski definition) is 7. The van der Waals surface area contributed by atoms with E-state index in [-0.39, 0.29) is 28.3 Å². The number of aryl methyl sites for hydroxylation is 1. The Kier molecular flexibility index (Phi) is 4.15. The van der Waals surface area contributed by atoms with E-state index < -0.39 is 16.9 Å². The zero-order chi connectivity index (χ0) is 23.6. The molecule has 0 unspecified atom stereocenters. The molecule has 0 aliphatic carbocycles. The highest BCUT2D eigenvalue weighted by Crippen LogP contribution is 2.42. The van der Waals surface area contributed by atoms with Crippen LogP contribution in [0.15, 0.2) is 80.5 Å². The first-order valence-corrected chi connectivity index (χ1v) is 10.4. The summed E-state index contributed by atoms with van der Waals surface area (Å²) < 4.78 is 11.3. The molecule has 5 aromatic rings. The fourth-order valence-corrected chi connectivity index (χ4v) is 4.53. The molecule has 9 nitrogen and oxygen atoms in total. The number of fused-ring (bicyclic) bond motifs is 4. The Hall–Kier alpha value is -4.79. The smallest absolute Gasteiger partial charge is 0.296 e. The summed E-state index contributed by atoms with van der Waals surface area (Å²) in [5, 5.41) is 17.3. The number of nitrogens with zero attached hydrogens (tertiary/aromatic N) is 3. The van der Waals surface area contributed by atoms with E-state index in [4.69, 9.17) is 8.94 Å². The van der Waals surface area contributed by atoms with Gasteiger partial charge in [-0.25, -0.2) is 0 Å². The Bertz CT molecular complexity index is 1720. The van der Waals surface area contributed by atoms with Crippen LogP contribution in [0, 0.1) is 17.0 Å². The summed E-state index contributed by atoms with van der Waals surface area (Å²) in [6.45, 7) is 1.68. The van der Waals surface area contributed by atoms with Crippen molar-refractivity contribution in [1.29, 1.82) is 0 Å². The van der Waals surface area contributed by atoms with E-state index in [0.717, 1.165) is 5.39 Å². The van der Waals surface area contributed by atoms with E-state index in [9.17, 15) is 19.7 Å². The molecule has 166 valence electrons. The first-order valence-electron chi connectivity index (χ1n) is 10.4. The molecule has 0 N–H and O–H groups in total. The third-order valence-electron chi connectivity index (χ3n) is 6.02.